The molecular formula is C11H10Cl2O3. The van der Waals surface area contributed by atoms with E-state index in [9.17, 15) is 4.79 Å². The maximum absolute atomic E-state index is 11.0. The highest BCUT2D eigenvalue weighted by atomic mass is 35.5. The predicted octanol–water partition coefficient (Wildman–Crippen LogP) is 3.16. The first-order valence-electron chi connectivity index (χ1n) is 4.88. The van der Waals surface area contributed by atoms with Crippen LogP contribution in [0.1, 0.15) is 18.1 Å². The minimum Gasteiger partial charge on any atom is -0.481 e. The highest BCUT2D eigenvalue weighted by Crippen LogP contribution is 2.36. The largest absolute Gasteiger partial charge is 0.481 e. The molecule has 5 heteroatoms. The standard InChI is InChI=1S/C11H10Cl2O3/c12-7-3-6(4-8(13)5-7)10-9(11(14)15)1-2-16-10/h3-5,9-10H,1-2H2,(H,14,15). The Hall–Kier alpha value is -0.770. The molecule has 1 N–H and O–H groups in total. The Bertz CT molecular complexity index is 399. The first kappa shape index (κ1) is 11.7. The molecule has 2 atom stereocenters. The number of halogens is 2. The van der Waals surface area contributed by atoms with Crippen LogP contribution in [0.3, 0.4) is 0 Å². The van der Waals surface area contributed by atoms with Crippen molar-refractivity contribution in [1.29, 1.82) is 0 Å². The van der Waals surface area contributed by atoms with E-state index in [1.165, 1.54) is 0 Å². The fourth-order valence-electron chi connectivity index (χ4n) is 1.91. The molecule has 0 amide bonds. The topological polar surface area (TPSA) is 46.5 Å². The van der Waals surface area contributed by atoms with E-state index < -0.39 is 18.0 Å². The zero-order valence-corrected chi connectivity index (χ0v) is 9.83. The van der Waals surface area contributed by atoms with Gasteiger partial charge in [0, 0.05) is 16.7 Å². The van der Waals surface area contributed by atoms with E-state index in [-0.39, 0.29) is 0 Å². The Morgan fingerprint density at radius 1 is 1.31 bits per heavy atom. The molecular weight excluding hydrogens is 251 g/mol. The van der Waals surface area contributed by atoms with Crippen molar-refractivity contribution in [2.45, 2.75) is 12.5 Å². The number of hydrogen-bond donors (Lipinski definition) is 1. The van der Waals surface area contributed by atoms with Crippen LogP contribution in [0.5, 0.6) is 0 Å². The van der Waals surface area contributed by atoms with Gasteiger partial charge < -0.3 is 9.84 Å². The summed E-state index contributed by atoms with van der Waals surface area (Å²) in [6.45, 7) is 0.450. The highest BCUT2D eigenvalue weighted by Gasteiger charge is 2.35. The molecule has 1 aromatic carbocycles. The van der Waals surface area contributed by atoms with E-state index in [0.29, 0.717) is 23.1 Å². The van der Waals surface area contributed by atoms with Crippen molar-refractivity contribution < 1.29 is 14.6 Å². The third-order valence-electron chi connectivity index (χ3n) is 2.62. The second kappa shape index (κ2) is 4.62. The first-order valence-corrected chi connectivity index (χ1v) is 5.64. The fourth-order valence-corrected chi connectivity index (χ4v) is 2.45. The third kappa shape index (κ3) is 2.32. The van der Waals surface area contributed by atoms with Gasteiger partial charge in [-0.05, 0) is 30.2 Å². The maximum Gasteiger partial charge on any atom is 0.309 e. The second-order valence-electron chi connectivity index (χ2n) is 3.73. The van der Waals surface area contributed by atoms with Gasteiger partial charge in [-0.3, -0.25) is 4.79 Å². The quantitative estimate of drug-likeness (QED) is 0.889. The summed E-state index contributed by atoms with van der Waals surface area (Å²) in [6.07, 6.45) is 0.0677. The van der Waals surface area contributed by atoms with Gasteiger partial charge in [0.15, 0.2) is 0 Å². The predicted molar refractivity (Wildman–Crippen MR) is 60.9 cm³/mol. The van der Waals surface area contributed by atoms with Gasteiger partial charge in [0.2, 0.25) is 0 Å². The molecule has 1 aliphatic rings. The fraction of sp³-hybridized carbons (Fsp3) is 0.364. The summed E-state index contributed by atoms with van der Waals surface area (Å²) in [5.41, 5.74) is 0.724. The lowest BCUT2D eigenvalue weighted by atomic mass is 9.95. The first-order chi connectivity index (χ1) is 7.58. The van der Waals surface area contributed by atoms with Crippen LogP contribution in [-0.4, -0.2) is 17.7 Å². The number of hydrogen-bond acceptors (Lipinski definition) is 2. The Kier molecular flexibility index (Phi) is 3.38. The zero-order valence-electron chi connectivity index (χ0n) is 8.32. The lowest BCUT2D eigenvalue weighted by Gasteiger charge is -2.15. The van der Waals surface area contributed by atoms with Crippen molar-refractivity contribution in [2.24, 2.45) is 5.92 Å². The summed E-state index contributed by atoms with van der Waals surface area (Å²) in [5.74, 6) is -1.37. The summed E-state index contributed by atoms with van der Waals surface area (Å²) in [5, 5.41) is 10.0. The van der Waals surface area contributed by atoms with Gasteiger partial charge in [0.1, 0.15) is 0 Å². The maximum atomic E-state index is 11.0. The zero-order chi connectivity index (χ0) is 11.7. The number of carbonyl (C=O) groups is 1. The molecule has 16 heavy (non-hydrogen) atoms. The number of carboxylic acids is 1. The van der Waals surface area contributed by atoms with Crippen molar-refractivity contribution in [3.05, 3.63) is 33.8 Å². The molecule has 2 rings (SSSR count). The third-order valence-corrected chi connectivity index (χ3v) is 3.06. The molecule has 1 saturated heterocycles. The Labute approximate surface area is 103 Å². The van der Waals surface area contributed by atoms with Gasteiger partial charge in [0.25, 0.3) is 0 Å². The van der Waals surface area contributed by atoms with Crippen LogP contribution in [0.2, 0.25) is 10.0 Å². The van der Waals surface area contributed by atoms with Crippen LogP contribution in [-0.2, 0) is 9.53 Å². The lowest BCUT2D eigenvalue weighted by Crippen LogP contribution is -2.17. The second-order valence-corrected chi connectivity index (χ2v) is 4.60. The van der Waals surface area contributed by atoms with E-state index in [4.69, 9.17) is 33.0 Å². The van der Waals surface area contributed by atoms with Crippen LogP contribution in [0.15, 0.2) is 18.2 Å². The smallest absolute Gasteiger partial charge is 0.309 e. The monoisotopic (exact) mass is 260 g/mol. The van der Waals surface area contributed by atoms with Gasteiger partial charge in [-0.2, -0.15) is 0 Å². The van der Waals surface area contributed by atoms with Gasteiger partial charge in [0.05, 0.1) is 12.0 Å². The van der Waals surface area contributed by atoms with Crippen LogP contribution in [0.4, 0.5) is 0 Å². The molecule has 86 valence electrons. The molecule has 2 unspecified atom stereocenters. The van der Waals surface area contributed by atoms with E-state index in [2.05, 4.69) is 0 Å². The molecule has 0 aromatic heterocycles. The lowest BCUT2D eigenvalue weighted by molar-refractivity contribution is -0.143. The molecule has 0 bridgehead atoms. The van der Waals surface area contributed by atoms with Crippen molar-refractivity contribution in [3.8, 4) is 0 Å². The molecule has 0 spiro atoms. The van der Waals surface area contributed by atoms with E-state index in [1.54, 1.807) is 18.2 Å². The minimum atomic E-state index is -0.849. The van der Waals surface area contributed by atoms with E-state index >= 15 is 0 Å². The van der Waals surface area contributed by atoms with Gasteiger partial charge in [-0.15, -0.1) is 0 Å². The number of rotatable bonds is 2. The van der Waals surface area contributed by atoms with Crippen molar-refractivity contribution >= 4 is 29.2 Å². The molecule has 1 aromatic rings. The Morgan fingerprint density at radius 3 is 2.50 bits per heavy atom. The normalized spacial score (nSPS) is 24.6. The molecule has 1 heterocycles. The van der Waals surface area contributed by atoms with Crippen LogP contribution in [0.25, 0.3) is 0 Å². The number of benzene rings is 1. The average Bonchev–Trinajstić information content (AvgIpc) is 2.63. The van der Waals surface area contributed by atoms with Crippen LogP contribution in [0, 0.1) is 5.92 Å². The van der Waals surface area contributed by atoms with Crippen molar-refractivity contribution in [1.82, 2.24) is 0 Å². The highest BCUT2D eigenvalue weighted by molar-refractivity contribution is 6.34. The number of carboxylic acid groups (broad SMARTS) is 1. The van der Waals surface area contributed by atoms with Crippen LogP contribution >= 0.6 is 23.2 Å². The minimum absolute atomic E-state index is 0.450. The summed E-state index contributed by atoms with van der Waals surface area (Å²) in [7, 11) is 0. The number of aliphatic carboxylic acids is 1. The summed E-state index contributed by atoms with van der Waals surface area (Å²) in [4.78, 5) is 11.0. The molecule has 1 fully saturated rings. The summed E-state index contributed by atoms with van der Waals surface area (Å²) < 4.78 is 5.42. The average molecular weight is 261 g/mol. The molecule has 1 aliphatic heterocycles. The van der Waals surface area contributed by atoms with E-state index in [0.717, 1.165) is 5.56 Å². The molecule has 0 saturated carbocycles. The van der Waals surface area contributed by atoms with Crippen molar-refractivity contribution in [2.75, 3.05) is 6.61 Å². The van der Waals surface area contributed by atoms with Gasteiger partial charge in [-0.25, -0.2) is 0 Å². The SMILES string of the molecule is O=C(O)C1CCOC1c1cc(Cl)cc(Cl)c1. The Balaban J connectivity index is 2.32. The van der Waals surface area contributed by atoms with Crippen LogP contribution < -0.4 is 0 Å². The van der Waals surface area contributed by atoms with Gasteiger partial charge in [-0.1, -0.05) is 23.2 Å². The van der Waals surface area contributed by atoms with Gasteiger partial charge >= 0.3 is 5.97 Å². The summed E-state index contributed by atoms with van der Waals surface area (Å²) in [6, 6.07) is 5.00. The molecule has 3 nitrogen and oxygen atoms in total. The Morgan fingerprint density at radius 2 is 1.94 bits per heavy atom. The van der Waals surface area contributed by atoms with Crippen molar-refractivity contribution in [3.63, 3.8) is 0 Å². The number of ether oxygens (including phenoxy) is 1. The van der Waals surface area contributed by atoms with E-state index in [1.807, 2.05) is 0 Å². The summed E-state index contributed by atoms with van der Waals surface area (Å²) >= 11 is 11.7. The molecule has 0 radical (unpaired) electrons. The molecule has 0 aliphatic carbocycles.